The van der Waals surface area contributed by atoms with E-state index in [0.717, 1.165) is 12.1 Å². The van der Waals surface area contributed by atoms with Gasteiger partial charge in [-0.2, -0.15) is 0 Å². The van der Waals surface area contributed by atoms with Crippen molar-refractivity contribution in [1.29, 1.82) is 0 Å². The average Bonchev–Trinajstić information content (AvgIpc) is 2.32. The van der Waals surface area contributed by atoms with Crippen LogP contribution in [0, 0.1) is 5.92 Å². The zero-order chi connectivity index (χ0) is 10.0. The van der Waals surface area contributed by atoms with Gasteiger partial charge in [0.2, 0.25) is 0 Å². The standard InChI is InChI=1S/C9H16ClN3/c1-6(2)5-8-9(10)13(7(3)4)12-11-8/h6-7H,5H2,1-4H3. The van der Waals surface area contributed by atoms with Crippen molar-refractivity contribution in [2.45, 2.75) is 40.2 Å². The fourth-order valence-electron chi connectivity index (χ4n) is 1.16. The van der Waals surface area contributed by atoms with Gasteiger partial charge in [-0.05, 0) is 26.2 Å². The van der Waals surface area contributed by atoms with E-state index in [2.05, 4.69) is 24.2 Å². The minimum absolute atomic E-state index is 0.279. The number of hydrogen-bond donors (Lipinski definition) is 0. The monoisotopic (exact) mass is 201 g/mol. The van der Waals surface area contributed by atoms with Gasteiger partial charge in [0.1, 0.15) is 5.69 Å². The summed E-state index contributed by atoms with van der Waals surface area (Å²) in [5.41, 5.74) is 0.908. The SMILES string of the molecule is CC(C)Cc1nnn(C(C)C)c1Cl. The Morgan fingerprint density at radius 3 is 2.31 bits per heavy atom. The summed E-state index contributed by atoms with van der Waals surface area (Å²) in [5.74, 6) is 0.565. The van der Waals surface area contributed by atoms with Crippen molar-refractivity contribution in [3.05, 3.63) is 10.8 Å². The fraction of sp³-hybridized carbons (Fsp3) is 0.778. The van der Waals surface area contributed by atoms with E-state index in [1.165, 1.54) is 0 Å². The molecule has 1 aromatic heterocycles. The second-order valence-corrected chi connectivity index (χ2v) is 4.32. The van der Waals surface area contributed by atoms with Gasteiger partial charge in [0.25, 0.3) is 0 Å². The maximum Gasteiger partial charge on any atom is 0.150 e. The smallest absolute Gasteiger partial charge is 0.150 e. The van der Waals surface area contributed by atoms with E-state index in [-0.39, 0.29) is 6.04 Å². The van der Waals surface area contributed by atoms with Crippen LogP contribution in [0.4, 0.5) is 0 Å². The molecule has 0 aliphatic rings. The molecule has 74 valence electrons. The number of halogens is 1. The minimum atomic E-state index is 0.279. The summed E-state index contributed by atoms with van der Waals surface area (Å²) in [4.78, 5) is 0. The Hall–Kier alpha value is -0.570. The molecule has 0 atom stereocenters. The molecule has 0 amide bonds. The first-order valence-corrected chi connectivity index (χ1v) is 4.99. The molecule has 0 fully saturated rings. The average molecular weight is 202 g/mol. The van der Waals surface area contributed by atoms with Crippen LogP contribution in [0.5, 0.6) is 0 Å². The fourth-order valence-corrected chi connectivity index (χ4v) is 1.50. The molecule has 1 heterocycles. The largest absolute Gasteiger partial charge is 0.231 e. The summed E-state index contributed by atoms with van der Waals surface area (Å²) >= 11 is 6.10. The summed E-state index contributed by atoms with van der Waals surface area (Å²) in [6.45, 7) is 8.37. The van der Waals surface area contributed by atoms with Crippen LogP contribution in [-0.2, 0) is 6.42 Å². The highest BCUT2D eigenvalue weighted by Crippen LogP contribution is 2.19. The summed E-state index contributed by atoms with van der Waals surface area (Å²) < 4.78 is 1.75. The highest BCUT2D eigenvalue weighted by molar-refractivity contribution is 6.30. The maximum atomic E-state index is 6.10. The van der Waals surface area contributed by atoms with Gasteiger partial charge >= 0.3 is 0 Å². The second-order valence-electron chi connectivity index (χ2n) is 3.96. The molecule has 0 bridgehead atoms. The van der Waals surface area contributed by atoms with Crippen molar-refractivity contribution < 1.29 is 0 Å². The number of aromatic nitrogens is 3. The molecule has 0 saturated carbocycles. The van der Waals surface area contributed by atoms with Gasteiger partial charge in [-0.25, -0.2) is 4.68 Å². The van der Waals surface area contributed by atoms with Crippen LogP contribution in [0.25, 0.3) is 0 Å². The summed E-state index contributed by atoms with van der Waals surface area (Å²) in [5, 5.41) is 8.75. The molecule has 1 aromatic rings. The van der Waals surface area contributed by atoms with E-state index >= 15 is 0 Å². The van der Waals surface area contributed by atoms with Crippen LogP contribution in [0.2, 0.25) is 5.15 Å². The molecule has 13 heavy (non-hydrogen) atoms. The lowest BCUT2D eigenvalue weighted by Crippen LogP contribution is -2.03. The third-order valence-electron chi connectivity index (χ3n) is 1.79. The molecule has 4 heteroatoms. The molecule has 0 aromatic carbocycles. The Bertz CT molecular complexity index is 278. The minimum Gasteiger partial charge on any atom is -0.231 e. The summed E-state index contributed by atoms with van der Waals surface area (Å²) in [6, 6.07) is 0.279. The van der Waals surface area contributed by atoms with Crippen molar-refractivity contribution in [3.8, 4) is 0 Å². The first-order valence-electron chi connectivity index (χ1n) is 4.62. The van der Waals surface area contributed by atoms with E-state index in [1.54, 1.807) is 4.68 Å². The Morgan fingerprint density at radius 2 is 1.92 bits per heavy atom. The summed E-state index contributed by atoms with van der Waals surface area (Å²) in [6.07, 6.45) is 0.894. The van der Waals surface area contributed by atoms with Crippen LogP contribution in [0.3, 0.4) is 0 Å². The third kappa shape index (κ3) is 2.44. The van der Waals surface area contributed by atoms with Crippen molar-refractivity contribution in [3.63, 3.8) is 0 Å². The van der Waals surface area contributed by atoms with Crippen molar-refractivity contribution in [2.24, 2.45) is 5.92 Å². The van der Waals surface area contributed by atoms with Crippen LogP contribution in [0.15, 0.2) is 0 Å². The van der Waals surface area contributed by atoms with Gasteiger partial charge < -0.3 is 0 Å². The lowest BCUT2D eigenvalue weighted by atomic mass is 10.1. The first kappa shape index (κ1) is 10.5. The predicted molar refractivity (Wildman–Crippen MR) is 54.0 cm³/mol. The van der Waals surface area contributed by atoms with Gasteiger partial charge in [0, 0.05) is 6.04 Å². The van der Waals surface area contributed by atoms with Gasteiger partial charge in [0.15, 0.2) is 5.15 Å². The molecule has 0 aliphatic carbocycles. The predicted octanol–water partition coefficient (Wildman–Crippen LogP) is 2.71. The van der Waals surface area contributed by atoms with E-state index < -0.39 is 0 Å². The van der Waals surface area contributed by atoms with Gasteiger partial charge in [-0.1, -0.05) is 30.7 Å². The summed E-state index contributed by atoms with van der Waals surface area (Å²) in [7, 11) is 0. The van der Waals surface area contributed by atoms with E-state index in [0.29, 0.717) is 11.1 Å². The highest BCUT2D eigenvalue weighted by Gasteiger charge is 2.13. The Morgan fingerprint density at radius 1 is 1.31 bits per heavy atom. The molecule has 0 spiro atoms. The highest BCUT2D eigenvalue weighted by atomic mass is 35.5. The van der Waals surface area contributed by atoms with Crippen molar-refractivity contribution in [1.82, 2.24) is 15.0 Å². The van der Waals surface area contributed by atoms with E-state index in [4.69, 9.17) is 11.6 Å². The lowest BCUT2D eigenvalue weighted by molar-refractivity contribution is 0.514. The molecule has 3 nitrogen and oxygen atoms in total. The molecular formula is C9H16ClN3. The van der Waals surface area contributed by atoms with Crippen LogP contribution >= 0.6 is 11.6 Å². The van der Waals surface area contributed by atoms with Crippen LogP contribution < -0.4 is 0 Å². The molecule has 1 rings (SSSR count). The van der Waals surface area contributed by atoms with E-state index in [9.17, 15) is 0 Å². The molecular weight excluding hydrogens is 186 g/mol. The van der Waals surface area contributed by atoms with E-state index in [1.807, 2.05) is 13.8 Å². The van der Waals surface area contributed by atoms with Crippen molar-refractivity contribution >= 4 is 11.6 Å². The van der Waals surface area contributed by atoms with Gasteiger partial charge in [-0.3, -0.25) is 0 Å². The van der Waals surface area contributed by atoms with Crippen LogP contribution in [-0.4, -0.2) is 15.0 Å². The van der Waals surface area contributed by atoms with Gasteiger partial charge in [0.05, 0.1) is 0 Å². The normalized spacial score (nSPS) is 11.6. The molecule has 0 N–H and O–H groups in total. The van der Waals surface area contributed by atoms with Crippen molar-refractivity contribution in [2.75, 3.05) is 0 Å². The van der Waals surface area contributed by atoms with Gasteiger partial charge in [-0.15, -0.1) is 5.10 Å². The Balaban J connectivity index is 2.86. The Kier molecular flexibility index (Phi) is 3.31. The quantitative estimate of drug-likeness (QED) is 0.753. The number of rotatable bonds is 3. The third-order valence-corrected chi connectivity index (χ3v) is 2.18. The zero-order valence-electron chi connectivity index (χ0n) is 8.58. The molecule has 0 unspecified atom stereocenters. The molecule has 0 saturated heterocycles. The van der Waals surface area contributed by atoms with Crippen LogP contribution in [0.1, 0.15) is 39.4 Å². The Labute approximate surface area is 84.1 Å². The second kappa shape index (κ2) is 4.09. The number of hydrogen-bond acceptors (Lipinski definition) is 2. The topological polar surface area (TPSA) is 30.7 Å². The maximum absolute atomic E-state index is 6.10. The number of nitrogens with zero attached hydrogens (tertiary/aromatic N) is 3. The lowest BCUT2D eigenvalue weighted by Gasteiger charge is -2.05. The zero-order valence-corrected chi connectivity index (χ0v) is 9.34. The molecule has 0 aliphatic heterocycles. The molecule has 0 radical (unpaired) electrons. The first-order chi connectivity index (χ1) is 6.02.